The number of allylic oxidation sites excluding steroid dienone is 2. The number of hydrogen-bond acceptors (Lipinski definition) is 3. The van der Waals surface area contributed by atoms with Crippen molar-refractivity contribution < 1.29 is 30.0 Å². The second kappa shape index (κ2) is 13.4. The van der Waals surface area contributed by atoms with Gasteiger partial charge in [0.15, 0.2) is 5.78 Å². The maximum atomic E-state index is 10.8. The zero-order chi connectivity index (χ0) is 23.8. The van der Waals surface area contributed by atoms with Crippen LogP contribution < -0.4 is 0 Å². The molecule has 3 aromatic rings. The minimum atomic E-state index is -0.00463. The molecule has 0 saturated carbocycles. The molecule has 1 aromatic heterocycles. The molecule has 0 aliphatic rings. The summed E-state index contributed by atoms with van der Waals surface area (Å²) in [5.74, 6) is 1.10. The molecular weight excluding hydrogens is 587 g/mol. The number of pyridine rings is 1. The van der Waals surface area contributed by atoms with E-state index in [2.05, 4.69) is 76.2 Å². The number of aliphatic hydroxyl groups excluding tert-OH is 1. The molecule has 0 amide bonds. The van der Waals surface area contributed by atoms with Gasteiger partial charge in [0, 0.05) is 38.0 Å². The number of fused-ring (bicyclic) bond motifs is 1. The van der Waals surface area contributed by atoms with E-state index in [0.29, 0.717) is 18.3 Å². The van der Waals surface area contributed by atoms with Crippen LogP contribution in [0.25, 0.3) is 22.2 Å². The van der Waals surface area contributed by atoms with Gasteiger partial charge in [0.1, 0.15) is 0 Å². The van der Waals surface area contributed by atoms with Gasteiger partial charge in [-0.25, -0.2) is 0 Å². The Morgan fingerprint density at radius 2 is 1.76 bits per heavy atom. The van der Waals surface area contributed by atoms with Crippen molar-refractivity contribution in [3.05, 3.63) is 77.1 Å². The number of benzene rings is 2. The minimum Gasteiger partial charge on any atom is -0.512 e. The summed E-state index contributed by atoms with van der Waals surface area (Å²) < 4.78 is 0. The second-order valence-electron chi connectivity index (χ2n) is 9.38. The Morgan fingerprint density at radius 3 is 2.33 bits per heavy atom. The molecule has 0 spiro atoms. The van der Waals surface area contributed by atoms with Gasteiger partial charge in [-0.05, 0) is 42.5 Å². The van der Waals surface area contributed by atoms with Crippen molar-refractivity contribution in [3.63, 3.8) is 0 Å². The molecule has 4 heteroatoms. The molecule has 1 heterocycles. The van der Waals surface area contributed by atoms with E-state index in [1.165, 1.54) is 29.5 Å². The first-order chi connectivity index (χ1) is 15.0. The van der Waals surface area contributed by atoms with Gasteiger partial charge in [0.2, 0.25) is 0 Å². The number of aromatic nitrogens is 1. The number of rotatable bonds is 6. The summed E-state index contributed by atoms with van der Waals surface area (Å²) in [6.07, 6.45) is 2.87. The van der Waals surface area contributed by atoms with E-state index in [4.69, 9.17) is 10.1 Å². The Morgan fingerprint density at radius 1 is 1.06 bits per heavy atom. The Kier molecular flexibility index (Phi) is 11.7. The normalized spacial score (nSPS) is 11.2. The molecular formula is C29H36IrNO2-. The number of nitrogens with zero attached hydrogens (tertiary/aromatic N) is 1. The first kappa shape index (κ1) is 28.7. The van der Waals surface area contributed by atoms with Gasteiger partial charge in [0.25, 0.3) is 0 Å². The monoisotopic (exact) mass is 623 g/mol. The van der Waals surface area contributed by atoms with Crippen LogP contribution in [0.1, 0.15) is 57.7 Å². The predicted octanol–water partition coefficient (Wildman–Crippen LogP) is 7.58. The van der Waals surface area contributed by atoms with Crippen LogP contribution in [0.15, 0.2) is 54.3 Å². The number of hydrogen-bond donors (Lipinski definition) is 1. The molecule has 2 aromatic carbocycles. The number of carbonyl (C=O) groups is 1. The van der Waals surface area contributed by atoms with Gasteiger partial charge in [-0.2, -0.15) is 0 Å². The largest absolute Gasteiger partial charge is 0.512 e. The summed E-state index contributed by atoms with van der Waals surface area (Å²) in [5.41, 5.74) is 6.95. The zero-order valence-corrected chi connectivity index (χ0v) is 23.2. The van der Waals surface area contributed by atoms with Crippen LogP contribution in [0.3, 0.4) is 0 Å². The molecule has 0 unspecified atom stereocenters. The SMILES string of the molecule is C/C(O)=C/C(=O)CC(C)C.Cc1[c-]c(-c2ccc3c(CC(C)C)cccc3n2)cc(C)c1.[Ir]. The van der Waals surface area contributed by atoms with Gasteiger partial charge < -0.3 is 5.11 Å². The third-order valence-electron chi connectivity index (χ3n) is 4.85. The molecule has 0 saturated heterocycles. The quantitative estimate of drug-likeness (QED) is 0.175. The van der Waals surface area contributed by atoms with Crippen LogP contribution in [0.2, 0.25) is 0 Å². The van der Waals surface area contributed by atoms with Gasteiger partial charge in [-0.3, -0.25) is 9.78 Å². The predicted molar refractivity (Wildman–Crippen MR) is 135 cm³/mol. The van der Waals surface area contributed by atoms with Crippen molar-refractivity contribution in [1.29, 1.82) is 0 Å². The zero-order valence-electron chi connectivity index (χ0n) is 20.8. The van der Waals surface area contributed by atoms with Gasteiger partial charge in [-0.15, -0.1) is 34.9 Å². The van der Waals surface area contributed by atoms with Crippen molar-refractivity contribution in [1.82, 2.24) is 4.98 Å². The van der Waals surface area contributed by atoms with Gasteiger partial charge in [-0.1, -0.05) is 65.8 Å². The van der Waals surface area contributed by atoms with Crippen LogP contribution in [-0.2, 0) is 31.3 Å². The van der Waals surface area contributed by atoms with Crippen LogP contribution in [0, 0.1) is 31.7 Å². The van der Waals surface area contributed by atoms with Crippen molar-refractivity contribution in [2.45, 2.75) is 61.3 Å². The summed E-state index contributed by atoms with van der Waals surface area (Å²) in [5, 5.41) is 9.94. The molecule has 33 heavy (non-hydrogen) atoms. The van der Waals surface area contributed by atoms with Crippen LogP contribution >= 0.6 is 0 Å². The van der Waals surface area contributed by atoms with Crippen LogP contribution in [0.4, 0.5) is 0 Å². The van der Waals surface area contributed by atoms with E-state index in [0.717, 1.165) is 28.8 Å². The first-order valence-corrected chi connectivity index (χ1v) is 11.3. The van der Waals surface area contributed by atoms with Crippen molar-refractivity contribution in [2.24, 2.45) is 11.8 Å². The van der Waals surface area contributed by atoms with Crippen molar-refractivity contribution in [3.8, 4) is 11.3 Å². The average molecular weight is 623 g/mol. The summed E-state index contributed by atoms with van der Waals surface area (Å²) >= 11 is 0. The Balaban J connectivity index is 0.000000425. The fourth-order valence-corrected chi connectivity index (χ4v) is 3.71. The molecule has 0 aliphatic carbocycles. The Bertz CT molecular complexity index is 1080. The standard InChI is InChI=1S/C21H22N.C8H14O2.Ir/c1-14(2)10-17-6-5-7-21-19(17)8-9-20(22-21)18-12-15(3)11-16(4)13-18;1-6(2)4-8(10)5-7(3)9;/h5-9,11-12,14H,10H2,1-4H3;5-6,9H,4H2,1-3H3;/q-1;;/b;7-5-;. The summed E-state index contributed by atoms with van der Waals surface area (Å²) in [6, 6.07) is 18.5. The second-order valence-corrected chi connectivity index (χ2v) is 9.38. The summed E-state index contributed by atoms with van der Waals surface area (Å²) in [7, 11) is 0. The Hall–Kier alpha value is -2.29. The number of carbonyl (C=O) groups excluding carboxylic acids is 1. The van der Waals surface area contributed by atoms with Crippen molar-refractivity contribution >= 4 is 16.7 Å². The van der Waals surface area contributed by atoms with E-state index in [-0.39, 0.29) is 31.6 Å². The van der Waals surface area contributed by atoms with E-state index >= 15 is 0 Å². The summed E-state index contributed by atoms with van der Waals surface area (Å²) in [6.45, 7) is 14.1. The third-order valence-corrected chi connectivity index (χ3v) is 4.85. The molecule has 3 rings (SSSR count). The molecule has 0 fully saturated rings. The maximum Gasteiger partial charge on any atom is 0.159 e. The van der Waals surface area contributed by atoms with Gasteiger partial charge in [0.05, 0.1) is 11.3 Å². The van der Waals surface area contributed by atoms with Crippen LogP contribution in [-0.4, -0.2) is 15.9 Å². The van der Waals surface area contributed by atoms with Crippen LogP contribution in [0.5, 0.6) is 0 Å². The maximum absolute atomic E-state index is 10.8. The number of aliphatic hydroxyl groups is 1. The first-order valence-electron chi connectivity index (χ1n) is 11.3. The fraction of sp³-hybridized carbons (Fsp3) is 0.379. The van der Waals surface area contributed by atoms with E-state index in [1.54, 1.807) is 0 Å². The third kappa shape index (κ3) is 9.61. The topological polar surface area (TPSA) is 50.2 Å². The van der Waals surface area contributed by atoms with E-state index in [9.17, 15) is 4.79 Å². The molecule has 0 atom stereocenters. The molecule has 0 bridgehead atoms. The number of aryl methyl sites for hydroxylation is 2. The molecule has 1 N–H and O–H groups in total. The van der Waals surface area contributed by atoms with E-state index in [1.807, 2.05) is 13.8 Å². The van der Waals surface area contributed by atoms with E-state index < -0.39 is 0 Å². The Labute approximate surface area is 212 Å². The average Bonchev–Trinajstić information content (AvgIpc) is 2.66. The molecule has 0 aliphatic heterocycles. The van der Waals surface area contributed by atoms with Crippen molar-refractivity contribution in [2.75, 3.05) is 0 Å². The molecule has 179 valence electrons. The molecule has 1 radical (unpaired) electrons. The number of ketones is 1. The fourth-order valence-electron chi connectivity index (χ4n) is 3.71. The van der Waals surface area contributed by atoms with Gasteiger partial charge >= 0.3 is 0 Å². The smallest absolute Gasteiger partial charge is 0.159 e. The molecule has 3 nitrogen and oxygen atoms in total. The minimum absolute atomic E-state index is 0. The summed E-state index contributed by atoms with van der Waals surface area (Å²) in [4.78, 5) is 15.7.